The van der Waals surface area contributed by atoms with Crippen LogP contribution in [0.15, 0.2) is 23.3 Å². The Labute approximate surface area is 181 Å². The van der Waals surface area contributed by atoms with Crippen LogP contribution < -0.4 is 11.1 Å². The number of nitrogens with two attached hydrogens (primary N) is 1. The number of aromatic nitrogens is 6. The molecule has 0 atom stereocenters. The van der Waals surface area contributed by atoms with Gasteiger partial charge in [-0.2, -0.15) is 20.2 Å². The van der Waals surface area contributed by atoms with Gasteiger partial charge in [0.2, 0.25) is 5.95 Å². The molecule has 0 saturated carbocycles. The summed E-state index contributed by atoms with van der Waals surface area (Å²) in [6.45, 7) is 3.28. The fourth-order valence-corrected chi connectivity index (χ4v) is 4.15. The first-order valence-corrected chi connectivity index (χ1v) is 10.2. The molecule has 0 amide bonds. The van der Waals surface area contributed by atoms with Crippen LogP contribution in [-0.2, 0) is 18.3 Å². The van der Waals surface area contributed by atoms with Crippen molar-refractivity contribution in [1.29, 1.82) is 0 Å². The molecule has 32 heavy (non-hydrogen) atoms. The summed E-state index contributed by atoms with van der Waals surface area (Å²) < 4.78 is 23.2. The second kappa shape index (κ2) is 6.82. The van der Waals surface area contributed by atoms with Gasteiger partial charge in [0.15, 0.2) is 5.65 Å². The van der Waals surface area contributed by atoms with Crippen molar-refractivity contribution in [3.63, 3.8) is 0 Å². The molecule has 162 valence electrons. The predicted octanol–water partition coefficient (Wildman–Crippen LogP) is 2.50. The minimum Gasteiger partial charge on any atom is -0.383 e. The number of nitrogen functional groups attached to an aromatic ring is 1. The van der Waals surface area contributed by atoms with Gasteiger partial charge in [0.25, 0.3) is 0 Å². The standard InChI is InChI=1S/C21H20FN9O/c1-10-16(7-30(2)28-10)25-21-26-19(23)17-18(29-31(20(17)27-21)11-8-32-9-11)12-3-4-15(22)14-6-24-5-13(12)14/h3-5,7,11H,6,8-9H2,1-2H3,(H3,23,25,26,27). The van der Waals surface area contributed by atoms with Crippen LogP contribution in [0.2, 0.25) is 0 Å². The van der Waals surface area contributed by atoms with Crippen LogP contribution in [0.1, 0.15) is 22.9 Å². The van der Waals surface area contributed by atoms with Gasteiger partial charge in [-0.1, -0.05) is 0 Å². The molecule has 1 aromatic carbocycles. The molecule has 2 aliphatic heterocycles. The second-order valence-corrected chi connectivity index (χ2v) is 8.00. The van der Waals surface area contributed by atoms with Crippen LogP contribution in [-0.4, -0.2) is 49.0 Å². The molecule has 3 aromatic heterocycles. The number of hydrogen-bond donors (Lipinski definition) is 2. The normalized spacial score (nSPS) is 15.3. The first kappa shape index (κ1) is 18.9. The third kappa shape index (κ3) is 2.78. The Balaban J connectivity index is 1.55. The highest BCUT2D eigenvalue weighted by Crippen LogP contribution is 2.38. The smallest absolute Gasteiger partial charge is 0.231 e. The molecule has 0 unspecified atom stereocenters. The van der Waals surface area contributed by atoms with Crippen LogP contribution in [0.25, 0.3) is 22.3 Å². The van der Waals surface area contributed by atoms with Crippen LogP contribution in [0, 0.1) is 12.7 Å². The Morgan fingerprint density at radius 2 is 2.06 bits per heavy atom. The number of anilines is 3. The van der Waals surface area contributed by atoms with E-state index in [1.165, 1.54) is 6.07 Å². The number of benzene rings is 1. The van der Waals surface area contributed by atoms with E-state index in [9.17, 15) is 4.39 Å². The van der Waals surface area contributed by atoms with Gasteiger partial charge in [-0.05, 0) is 19.1 Å². The van der Waals surface area contributed by atoms with E-state index in [1.54, 1.807) is 17.0 Å². The van der Waals surface area contributed by atoms with E-state index in [1.807, 2.05) is 24.9 Å². The third-order valence-electron chi connectivity index (χ3n) is 5.83. The number of aryl methyl sites for hydroxylation is 2. The quantitative estimate of drug-likeness (QED) is 0.507. The molecule has 6 rings (SSSR count). The maximum atomic E-state index is 14.3. The number of ether oxygens (including phenoxy) is 1. The van der Waals surface area contributed by atoms with Gasteiger partial charge in [-0.15, -0.1) is 0 Å². The number of hydrogen-bond acceptors (Lipinski definition) is 8. The molecule has 2 aliphatic rings. The van der Waals surface area contributed by atoms with Gasteiger partial charge >= 0.3 is 0 Å². The molecule has 10 nitrogen and oxygen atoms in total. The molecule has 3 N–H and O–H groups in total. The monoisotopic (exact) mass is 433 g/mol. The van der Waals surface area contributed by atoms with Crippen LogP contribution in [0.4, 0.5) is 21.8 Å². The molecule has 0 spiro atoms. The number of fused-ring (bicyclic) bond motifs is 2. The van der Waals surface area contributed by atoms with Gasteiger partial charge in [0.1, 0.15) is 23.4 Å². The maximum absolute atomic E-state index is 14.3. The summed E-state index contributed by atoms with van der Waals surface area (Å²) in [7, 11) is 1.85. The minimum atomic E-state index is -0.278. The van der Waals surface area contributed by atoms with E-state index in [4.69, 9.17) is 20.6 Å². The van der Waals surface area contributed by atoms with Gasteiger partial charge < -0.3 is 15.8 Å². The fourth-order valence-electron chi connectivity index (χ4n) is 4.15. The zero-order chi connectivity index (χ0) is 22.0. The van der Waals surface area contributed by atoms with Gasteiger partial charge in [0.05, 0.1) is 36.5 Å². The SMILES string of the molecule is Cc1nn(C)cc1Nc1nc(N)c2c(-c3ccc(F)c4c3C=NC4)nn(C3COC3)c2n1. The summed E-state index contributed by atoms with van der Waals surface area (Å²) in [5, 5.41) is 13.0. The average Bonchev–Trinajstić information content (AvgIpc) is 3.40. The van der Waals surface area contributed by atoms with Crippen molar-refractivity contribution in [2.24, 2.45) is 12.0 Å². The number of nitrogens with one attached hydrogen (secondary N) is 1. The highest BCUT2D eigenvalue weighted by Gasteiger charge is 2.29. The summed E-state index contributed by atoms with van der Waals surface area (Å²) in [4.78, 5) is 13.5. The Morgan fingerprint density at radius 3 is 2.78 bits per heavy atom. The lowest BCUT2D eigenvalue weighted by molar-refractivity contribution is -0.0268. The predicted molar refractivity (Wildman–Crippen MR) is 118 cm³/mol. The Morgan fingerprint density at radius 1 is 1.22 bits per heavy atom. The highest BCUT2D eigenvalue weighted by molar-refractivity contribution is 6.04. The van der Waals surface area contributed by atoms with Crippen molar-refractivity contribution < 1.29 is 9.13 Å². The van der Waals surface area contributed by atoms with Crippen molar-refractivity contribution in [3.8, 4) is 11.3 Å². The summed E-state index contributed by atoms with van der Waals surface area (Å²) in [6.07, 6.45) is 3.53. The Hall–Kier alpha value is -3.86. The van der Waals surface area contributed by atoms with Gasteiger partial charge in [-0.25, -0.2) is 9.07 Å². The van der Waals surface area contributed by atoms with Crippen molar-refractivity contribution >= 4 is 34.7 Å². The number of rotatable bonds is 4. The van der Waals surface area contributed by atoms with Crippen molar-refractivity contribution in [2.45, 2.75) is 19.5 Å². The zero-order valence-electron chi connectivity index (χ0n) is 17.5. The largest absolute Gasteiger partial charge is 0.383 e. The molecule has 0 radical (unpaired) electrons. The Bertz CT molecular complexity index is 1420. The zero-order valence-corrected chi connectivity index (χ0v) is 17.5. The maximum Gasteiger partial charge on any atom is 0.231 e. The number of nitrogens with zero attached hydrogens (tertiary/aromatic N) is 7. The molecule has 4 aromatic rings. The van der Waals surface area contributed by atoms with E-state index in [0.717, 1.165) is 16.9 Å². The summed E-state index contributed by atoms with van der Waals surface area (Å²) in [5.74, 6) is 0.360. The Kier molecular flexibility index (Phi) is 4.02. The second-order valence-electron chi connectivity index (χ2n) is 8.00. The first-order chi connectivity index (χ1) is 15.5. The van der Waals surface area contributed by atoms with E-state index < -0.39 is 0 Å². The molecule has 5 heterocycles. The summed E-state index contributed by atoms with van der Waals surface area (Å²) >= 11 is 0. The number of aliphatic imine (C=N–C) groups is 1. The van der Waals surface area contributed by atoms with Crippen molar-refractivity contribution in [2.75, 3.05) is 24.3 Å². The van der Waals surface area contributed by atoms with E-state index in [2.05, 4.69) is 20.4 Å². The van der Waals surface area contributed by atoms with Gasteiger partial charge in [0, 0.05) is 36.1 Å². The van der Waals surface area contributed by atoms with E-state index >= 15 is 0 Å². The average molecular weight is 433 g/mol. The minimum absolute atomic E-state index is 0.0377. The highest BCUT2D eigenvalue weighted by atomic mass is 19.1. The van der Waals surface area contributed by atoms with E-state index in [0.29, 0.717) is 53.6 Å². The molecular weight excluding hydrogens is 413 g/mol. The topological polar surface area (TPSA) is 121 Å². The molecule has 1 saturated heterocycles. The fraction of sp³-hybridized carbons (Fsp3) is 0.286. The molecule has 11 heteroatoms. The van der Waals surface area contributed by atoms with Gasteiger partial charge in [-0.3, -0.25) is 9.67 Å². The van der Waals surface area contributed by atoms with Crippen molar-refractivity contribution in [1.82, 2.24) is 29.5 Å². The lowest BCUT2D eigenvalue weighted by atomic mass is 9.99. The molecule has 0 bridgehead atoms. The molecule has 0 aliphatic carbocycles. The lowest BCUT2D eigenvalue weighted by Gasteiger charge is -2.26. The third-order valence-corrected chi connectivity index (χ3v) is 5.83. The summed E-state index contributed by atoms with van der Waals surface area (Å²) in [6, 6.07) is 3.19. The lowest BCUT2D eigenvalue weighted by Crippen LogP contribution is -2.31. The first-order valence-electron chi connectivity index (χ1n) is 10.2. The molecule has 1 fully saturated rings. The van der Waals surface area contributed by atoms with Crippen LogP contribution in [0.3, 0.4) is 0 Å². The number of halogens is 1. The van der Waals surface area contributed by atoms with Crippen molar-refractivity contribution in [3.05, 3.63) is 41.0 Å². The van der Waals surface area contributed by atoms with Crippen LogP contribution >= 0.6 is 0 Å². The van der Waals surface area contributed by atoms with E-state index in [-0.39, 0.29) is 17.7 Å². The van der Waals surface area contributed by atoms with Crippen LogP contribution in [0.5, 0.6) is 0 Å². The molecular formula is C21H20FN9O. The summed E-state index contributed by atoms with van der Waals surface area (Å²) in [5.41, 5.74) is 11.3.